The Balaban J connectivity index is 2.52. The Hall–Kier alpha value is -0.610. The van der Waals surface area contributed by atoms with Gasteiger partial charge in [-0.2, -0.15) is 0 Å². The van der Waals surface area contributed by atoms with Crippen molar-refractivity contribution in [1.29, 1.82) is 0 Å². The third-order valence-electron chi connectivity index (χ3n) is 2.56. The van der Waals surface area contributed by atoms with Crippen LogP contribution < -0.4 is 11.1 Å². The lowest BCUT2D eigenvalue weighted by atomic mass is 10.1. The van der Waals surface area contributed by atoms with E-state index >= 15 is 0 Å². The van der Waals surface area contributed by atoms with Gasteiger partial charge in [0.15, 0.2) is 0 Å². The monoisotopic (exact) mass is 185 g/mol. The van der Waals surface area contributed by atoms with Crippen molar-refractivity contribution in [3.05, 3.63) is 0 Å². The fourth-order valence-electron chi connectivity index (χ4n) is 1.88. The van der Waals surface area contributed by atoms with E-state index < -0.39 is 0 Å². The molecule has 0 saturated carbocycles. The van der Waals surface area contributed by atoms with Crippen LogP contribution in [0, 0.1) is 0 Å². The molecule has 1 aliphatic heterocycles. The molecule has 4 nitrogen and oxygen atoms in total. The zero-order chi connectivity index (χ0) is 9.84. The number of primary amides is 1. The second-order valence-corrected chi connectivity index (χ2v) is 3.68. The highest BCUT2D eigenvalue weighted by Gasteiger charge is 2.25. The van der Waals surface area contributed by atoms with Crippen LogP contribution in [-0.4, -0.2) is 42.5 Å². The first kappa shape index (κ1) is 10.5. The van der Waals surface area contributed by atoms with Gasteiger partial charge in [-0.1, -0.05) is 6.92 Å². The summed E-state index contributed by atoms with van der Waals surface area (Å²) < 4.78 is 0. The number of nitrogens with two attached hydrogens (primary N) is 1. The number of piperazine rings is 1. The number of amides is 1. The van der Waals surface area contributed by atoms with Crippen molar-refractivity contribution in [1.82, 2.24) is 10.2 Å². The zero-order valence-corrected chi connectivity index (χ0v) is 8.42. The Morgan fingerprint density at radius 1 is 1.77 bits per heavy atom. The minimum atomic E-state index is -0.198. The highest BCUT2D eigenvalue weighted by atomic mass is 16.1. The van der Waals surface area contributed by atoms with Crippen LogP contribution in [0.5, 0.6) is 0 Å². The van der Waals surface area contributed by atoms with Gasteiger partial charge in [0.25, 0.3) is 0 Å². The summed E-state index contributed by atoms with van der Waals surface area (Å²) in [6.45, 7) is 6.92. The van der Waals surface area contributed by atoms with Gasteiger partial charge >= 0.3 is 0 Å². The van der Waals surface area contributed by atoms with Crippen LogP contribution in [0.15, 0.2) is 0 Å². The standard InChI is InChI=1S/C9H19N3O/c1-3-8(9(10)13)12-5-4-11-7(2)6-12/h7-8,11H,3-6H2,1-2H3,(H2,10,13)/t7-,8?/m0/s1. The van der Waals surface area contributed by atoms with E-state index in [1.807, 2.05) is 6.92 Å². The molecule has 1 rings (SSSR count). The molecule has 1 aliphatic rings. The van der Waals surface area contributed by atoms with E-state index in [0.717, 1.165) is 26.1 Å². The molecule has 0 aliphatic carbocycles. The Labute approximate surface area is 79.5 Å². The fraction of sp³-hybridized carbons (Fsp3) is 0.889. The Morgan fingerprint density at radius 3 is 2.92 bits per heavy atom. The SMILES string of the molecule is CCC(C(N)=O)N1CCN[C@@H](C)C1. The number of nitrogens with zero attached hydrogens (tertiary/aromatic N) is 1. The molecule has 3 N–H and O–H groups in total. The summed E-state index contributed by atoms with van der Waals surface area (Å²) in [6.07, 6.45) is 0.808. The summed E-state index contributed by atoms with van der Waals surface area (Å²) in [5, 5.41) is 3.34. The van der Waals surface area contributed by atoms with E-state index in [9.17, 15) is 4.79 Å². The number of hydrogen-bond donors (Lipinski definition) is 2. The van der Waals surface area contributed by atoms with Crippen molar-refractivity contribution < 1.29 is 4.79 Å². The second-order valence-electron chi connectivity index (χ2n) is 3.68. The molecule has 1 amide bonds. The number of hydrogen-bond acceptors (Lipinski definition) is 3. The zero-order valence-electron chi connectivity index (χ0n) is 8.42. The van der Waals surface area contributed by atoms with Gasteiger partial charge in [-0.25, -0.2) is 0 Å². The summed E-state index contributed by atoms with van der Waals surface area (Å²) >= 11 is 0. The number of carbonyl (C=O) groups is 1. The van der Waals surface area contributed by atoms with Crippen molar-refractivity contribution in [2.24, 2.45) is 5.73 Å². The van der Waals surface area contributed by atoms with Crippen molar-refractivity contribution in [2.45, 2.75) is 32.4 Å². The predicted molar refractivity (Wildman–Crippen MR) is 52.3 cm³/mol. The Bertz CT molecular complexity index is 184. The molecular formula is C9H19N3O. The molecule has 1 heterocycles. The van der Waals surface area contributed by atoms with Gasteiger partial charge in [-0.3, -0.25) is 9.69 Å². The smallest absolute Gasteiger partial charge is 0.234 e. The maximum absolute atomic E-state index is 11.1. The first-order valence-corrected chi connectivity index (χ1v) is 4.92. The summed E-state index contributed by atoms with van der Waals surface area (Å²) in [5.74, 6) is -0.198. The molecule has 0 aromatic rings. The molecular weight excluding hydrogens is 166 g/mol. The van der Waals surface area contributed by atoms with Crippen molar-refractivity contribution >= 4 is 5.91 Å². The lowest BCUT2D eigenvalue weighted by Crippen LogP contribution is -2.55. The van der Waals surface area contributed by atoms with Crippen LogP contribution in [0.2, 0.25) is 0 Å². The molecule has 0 radical (unpaired) electrons. The predicted octanol–water partition coefficient (Wildman–Crippen LogP) is -0.456. The van der Waals surface area contributed by atoms with Crippen LogP contribution in [0.25, 0.3) is 0 Å². The van der Waals surface area contributed by atoms with E-state index in [1.54, 1.807) is 0 Å². The number of carbonyl (C=O) groups excluding carboxylic acids is 1. The number of nitrogens with one attached hydrogen (secondary N) is 1. The largest absolute Gasteiger partial charge is 0.368 e. The highest BCUT2D eigenvalue weighted by Crippen LogP contribution is 2.07. The second kappa shape index (κ2) is 4.58. The van der Waals surface area contributed by atoms with E-state index in [2.05, 4.69) is 17.1 Å². The van der Waals surface area contributed by atoms with Crippen LogP contribution >= 0.6 is 0 Å². The van der Waals surface area contributed by atoms with E-state index in [4.69, 9.17) is 5.73 Å². The molecule has 1 fully saturated rings. The normalized spacial score (nSPS) is 27.1. The number of rotatable bonds is 3. The lowest BCUT2D eigenvalue weighted by molar-refractivity contribution is -0.123. The fourth-order valence-corrected chi connectivity index (χ4v) is 1.88. The van der Waals surface area contributed by atoms with Crippen LogP contribution in [0.4, 0.5) is 0 Å². The molecule has 0 bridgehead atoms. The third-order valence-corrected chi connectivity index (χ3v) is 2.56. The summed E-state index contributed by atoms with van der Waals surface area (Å²) in [7, 11) is 0. The Kier molecular flexibility index (Phi) is 3.69. The molecule has 0 spiro atoms. The molecule has 1 unspecified atom stereocenters. The molecule has 76 valence electrons. The van der Waals surface area contributed by atoms with Gasteiger partial charge < -0.3 is 11.1 Å². The van der Waals surface area contributed by atoms with Gasteiger partial charge in [0.2, 0.25) is 5.91 Å². The minimum Gasteiger partial charge on any atom is -0.368 e. The van der Waals surface area contributed by atoms with E-state index in [-0.39, 0.29) is 11.9 Å². The summed E-state index contributed by atoms with van der Waals surface area (Å²) in [4.78, 5) is 13.3. The average molecular weight is 185 g/mol. The molecule has 1 saturated heterocycles. The van der Waals surface area contributed by atoms with Gasteiger partial charge in [0.05, 0.1) is 6.04 Å². The lowest BCUT2D eigenvalue weighted by Gasteiger charge is -2.35. The van der Waals surface area contributed by atoms with Crippen LogP contribution in [0.3, 0.4) is 0 Å². The Morgan fingerprint density at radius 2 is 2.46 bits per heavy atom. The van der Waals surface area contributed by atoms with E-state index in [0.29, 0.717) is 6.04 Å². The van der Waals surface area contributed by atoms with Crippen molar-refractivity contribution in [3.8, 4) is 0 Å². The molecule has 2 atom stereocenters. The maximum atomic E-state index is 11.1. The summed E-state index contributed by atoms with van der Waals surface area (Å²) in [6, 6.07) is 0.381. The van der Waals surface area contributed by atoms with Gasteiger partial charge in [0, 0.05) is 25.7 Å². The minimum absolute atomic E-state index is 0.0791. The third kappa shape index (κ3) is 2.67. The first-order valence-electron chi connectivity index (χ1n) is 4.92. The molecule has 13 heavy (non-hydrogen) atoms. The van der Waals surface area contributed by atoms with Gasteiger partial charge in [0.1, 0.15) is 0 Å². The first-order chi connectivity index (χ1) is 6.15. The van der Waals surface area contributed by atoms with Gasteiger partial charge in [-0.15, -0.1) is 0 Å². The quantitative estimate of drug-likeness (QED) is 0.626. The molecule has 0 aromatic carbocycles. The van der Waals surface area contributed by atoms with Crippen molar-refractivity contribution in [2.75, 3.05) is 19.6 Å². The van der Waals surface area contributed by atoms with Crippen LogP contribution in [-0.2, 0) is 4.79 Å². The van der Waals surface area contributed by atoms with Crippen LogP contribution in [0.1, 0.15) is 20.3 Å². The molecule has 0 aromatic heterocycles. The van der Waals surface area contributed by atoms with Gasteiger partial charge in [-0.05, 0) is 13.3 Å². The maximum Gasteiger partial charge on any atom is 0.234 e. The molecule has 4 heteroatoms. The summed E-state index contributed by atoms with van der Waals surface area (Å²) in [5.41, 5.74) is 5.32. The van der Waals surface area contributed by atoms with Crippen molar-refractivity contribution in [3.63, 3.8) is 0 Å². The highest BCUT2D eigenvalue weighted by molar-refractivity contribution is 5.79. The average Bonchev–Trinajstić information content (AvgIpc) is 2.04. The van der Waals surface area contributed by atoms with E-state index in [1.165, 1.54) is 0 Å². The topological polar surface area (TPSA) is 58.4 Å².